The third-order valence-electron chi connectivity index (χ3n) is 5.29. The lowest BCUT2D eigenvalue weighted by Gasteiger charge is -2.35. The average Bonchev–Trinajstić information content (AvgIpc) is 2.76. The number of benzene rings is 1. The van der Waals surface area contributed by atoms with Crippen molar-refractivity contribution in [1.29, 1.82) is 0 Å². The molecule has 1 atom stereocenters. The molecule has 0 bridgehead atoms. The van der Waals surface area contributed by atoms with E-state index in [1.54, 1.807) is 6.92 Å². The van der Waals surface area contributed by atoms with E-state index in [4.69, 9.17) is 9.84 Å². The monoisotopic (exact) mass is 531 g/mol. The van der Waals surface area contributed by atoms with E-state index in [0.717, 1.165) is 10.5 Å². The maximum atomic E-state index is 13.5. The Labute approximate surface area is 205 Å². The molecule has 1 aromatic carbocycles. The Kier molecular flexibility index (Phi) is 7.39. The molecule has 1 aliphatic rings. The van der Waals surface area contributed by atoms with Crippen molar-refractivity contribution in [3.05, 3.63) is 42.2 Å². The standard InChI is InChI=1S/C22H24F3N3O7S/c1-13-8-16(11-26-10-13)36(32,33)28-12-15(5-7-19(29)30)34-18-6-4-14(9-17(18)28)27-20(31)35-21(2,3)22(23,24)25/h4,6,8-11,15H,5,7,12H2,1-3H3,(H,27,31)(H,29,30). The van der Waals surface area contributed by atoms with Crippen LogP contribution in [-0.2, 0) is 19.6 Å². The van der Waals surface area contributed by atoms with Crippen molar-refractivity contribution in [1.82, 2.24) is 4.98 Å². The first-order chi connectivity index (χ1) is 16.6. The Hall–Kier alpha value is -3.55. The fraction of sp³-hybridized carbons (Fsp3) is 0.409. The molecule has 36 heavy (non-hydrogen) atoms. The molecule has 1 aliphatic heterocycles. The van der Waals surface area contributed by atoms with Crippen LogP contribution in [-0.4, -0.2) is 55.0 Å². The summed E-state index contributed by atoms with van der Waals surface area (Å²) in [5, 5.41) is 11.2. The first-order valence-corrected chi connectivity index (χ1v) is 12.1. The van der Waals surface area contributed by atoms with Crippen LogP contribution in [0, 0.1) is 6.92 Å². The van der Waals surface area contributed by atoms with Crippen LogP contribution in [0.25, 0.3) is 0 Å². The quantitative estimate of drug-likeness (QED) is 0.545. The van der Waals surface area contributed by atoms with Gasteiger partial charge in [-0.3, -0.25) is 19.4 Å². The molecule has 1 amide bonds. The minimum atomic E-state index is -4.81. The van der Waals surface area contributed by atoms with Crippen LogP contribution < -0.4 is 14.4 Å². The molecular weight excluding hydrogens is 507 g/mol. The van der Waals surface area contributed by atoms with Crippen molar-refractivity contribution in [3.8, 4) is 5.75 Å². The number of hydrogen-bond donors (Lipinski definition) is 2. The van der Waals surface area contributed by atoms with Crippen LogP contribution in [0.4, 0.5) is 29.3 Å². The second-order valence-corrected chi connectivity index (χ2v) is 10.5. The third kappa shape index (κ3) is 5.98. The molecule has 0 fully saturated rings. The van der Waals surface area contributed by atoms with Gasteiger partial charge in [0.25, 0.3) is 10.0 Å². The molecule has 2 aromatic rings. The maximum Gasteiger partial charge on any atom is 0.427 e. The van der Waals surface area contributed by atoms with Crippen LogP contribution in [0.2, 0.25) is 0 Å². The van der Waals surface area contributed by atoms with E-state index in [9.17, 15) is 31.2 Å². The molecule has 0 radical (unpaired) electrons. The normalized spacial score (nSPS) is 16.1. The number of fused-ring (bicyclic) bond motifs is 1. The van der Waals surface area contributed by atoms with Crippen molar-refractivity contribution >= 4 is 33.5 Å². The summed E-state index contributed by atoms with van der Waals surface area (Å²) in [4.78, 5) is 26.9. The number of rotatable bonds is 7. The molecule has 1 aromatic heterocycles. The minimum absolute atomic E-state index is 0.00374. The number of aromatic nitrogens is 1. The van der Waals surface area contributed by atoms with E-state index < -0.39 is 40.0 Å². The average molecular weight is 532 g/mol. The summed E-state index contributed by atoms with van der Waals surface area (Å²) >= 11 is 0. The number of anilines is 2. The zero-order chi connectivity index (χ0) is 26.9. The predicted octanol–water partition coefficient (Wildman–Crippen LogP) is 4.10. The van der Waals surface area contributed by atoms with Crippen molar-refractivity contribution in [2.75, 3.05) is 16.2 Å². The number of aryl methyl sites for hydroxylation is 1. The van der Waals surface area contributed by atoms with E-state index in [2.05, 4.69) is 15.0 Å². The van der Waals surface area contributed by atoms with Gasteiger partial charge in [-0.05, 0) is 57.0 Å². The molecule has 10 nitrogen and oxygen atoms in total. The van der Waals surface area contributed by atoms with Crippen LogP contribution in [0.15, 0.2) is 41.6 Å². The Balaban J connectivity index is 1.96. The second kappa shape index (κ2) is 9.84. The SMILES string of the molecule is Cc1cncc(S(=O)(=O)N2CC(CCC(=O)O)Oc3ccc(NC(=O)OC(C)(C)C(F)(F)F)cc32)c1. The van der Waals surface area contributed by atoms with Gasteiger partial charge in [-0.25, -0.2) is 13.2 Å². The number of sulfonamides is 1. The van der Waals surface area contributed by atoms with Crippen LogP contribution in [0.1, 0.15) is 32.3 Å². The topological polar surface area (TPSA) is 135 Å². The first kappa shape index (κ1) is 27.0. The number of amides is 1. The number of nitrogens with one attached hydrogen (secondary N) is 1. The number of ether oxygens (including phenoxy) is 2. The molecule has 2 N–H and O–H groups in total. The number of nitrogens with zero attached hydrogens (tertiary/aromatic N) is 2. The highest BCUT2D eigenvalue weighted by atomic mass is 32.2. The summed E-state index contributed by atoms with van der Waals surface area (Å²) in [6.45, 7) is 2.79. The van der Waals surface area contributed by atoms with Crippen molar-refractivity contribution in [2.45, 2.75) is 56.4 Å². The zero-order valence-corrected chi connectivity index (χ0v) is 20.3. The summed E-state index contributed by atoms with van der Waals surface area (Å²) in [5.41, 5.74) is -2.24. The number of pyridine rings is 1. The van der Waals surface area contributed by atoms with Crippen molar-refractivity contribution in [2.24, 2.45) is 0 Å². The Morgan fingerprint density at radius 2 is 1.94 bits per heavy atom. The van der Waals surface area contributed by atoms with Gasteiger partial charge in [-0.1, -0.05) is 0 Å². The molecule has 0 aliphatic carbocycles. The van der Waals surface area contributed by atoms with E-state index in [1.165, 1.54) is 30.5 Å². The molecule has 0 spiro atoms. The summed E-state index contributed by atoms with van der Waals surface area (Å²) in [5.74, 6) is -1.00. The van der Waals surface area contributed by atoms with Gasteiger partial charge >= 0.3 is 18.2 Å². The third-order valence-corrected chi connectivity index (χ3v) is 7.03. The van der Waals surface area contributed by atoms with Gasteiger partial charge in [0.15, 0.2) is 0 Å². The van der Waals surface area contributed by atoms with E-state index >= 15 is 0 Å². The van der Waals surface area contributed by atoms with Crippen LogP contribution in [0.5, 0.6) is 5.75 Å². The number of carboxylic acids is 1. The van der Waals surface area contributed by atoms with Gasteiger partial charge in [-0.15, -0.1) is 0 Å². The second-order valence-electron chi connectivity index (χ2n) is 8.61. The summed E-state index contributed by atoms with van der Waals surface area (Å²) in [6.07, 6.45) is -4.62. The molecule has 14 heteroatoms. The number of carbonyl (C=O) groups is 2. The smallest absolute Gasteiger partial charge is 0.427 e. The molecule has 0 saturated heterocycles. The van der Waals surface area contributed by atoms with Gasteiger partial charge < -0.3 is 14.6 Å². The fourth-order valence-electron chi connectivity index (χ4n) is 3.28. The van der Waals surface area contributed by atoms with Gasteiger partial charge in [0, 0.05) is 24.5 Å². The van der Waals surface area contributed by atoms with Crippen LogP contribution >= 0.6 is 0 Å². The number of halogens is 3. The number of carbonyl (C=O) groups excluding carboxylic acids is 1. The summed E-state index contributed by atoms with van der Waals surface area (Å²) in [6, 6.07) is 5.23. The Morgan fingerprint density at radius 3 is 2.56 bits per heavy atom. The predicted molar refractivity (Wildman–Crippen MR) is 121 cm³/mol. The molecule has 0 saturated carbocycles. The Bertz CT molecular complexity index is 1270. The lowest BCUT2D eigenvalue weighted by Crippen LogP contribution is -2.44. The molecule has 2 heterocycles. The highest BCUT2D eigenvalue weighted by Gasteiger charge is 2.51. The van der Waals surface area contributed by atoms with E-state index in [-0.39, 0.29) is 41.4 Å². The van der Waals surface area contributed by atoms with Gasteiger partial charge in [0.05, 0.1) is 12.2 Å². The maximum absolute atomic E-state index is 13.5. The van der Waals surface area contributed by atoms with Gasteiger partial charge in [0.2, 0.25) is 5.60 Å². The summed E-state index contributed by atoms with van der Waals surface area (Å²) in [7, 11) is -4.21. The van der Waals surface area contributed by atoms with Crippen molar-refractivity contribution < 1.29 is 45.8 Å². The van der Waals surface area contributed by atoms with Crippen LogP contribution in [0.3, 0.4) is 0 Å². The highest BCUT2D eigenvalue weighted by molar-refractivity contribution is 7.92. The summed E-state index contributed by atoms with van der Waals surface area (Å²) < 4.78 is 77.4. The number of alkyl halides is 3. The van der Waals surface area contributed by atoms with Gasteiger partial charge in [0.1, 0.15) is 16.7 Å². The lowest BCUT2D eigenvalue weighted by atomic mass is 10.1. The van der Waals surface area contributed by atoms with Gasteiger partial charge in [-0.2, -0.15) is 13.2 Å². The molecular formula is C22H24F3N3O7S. The Morgan fingerprint density at radius 1 is 1.25 bits per heavy atom. The lowest BCUT2D eigenvalue weighted by molar-refractivity contribution is -0.242. The van der Waals surface area contributed by atoms with E-state index in [0.29, 0.717) is 19.4 Å². The zero-order valence-electron chi connectivity index (χ0n) is 19.5. The molecule has 3 rings (SSSR count). The minimum Gasteiger partial charge on any atom is -0.486 e. The highest BCUT2D eigenvalue weighted by Crippen LogP contribution is 2.40. The number of carboxylic acid groups (broad SMARTS) is 1. The largest absolute Gasteiger partial charge is 0.486 e. The molecule has 1 unspecified atom stereocenters. The molecule has 196 valence electrons. The first-order valence-electron chi connectivity index (χ1n) is 10.6. The van der Waals surface area contributed by atoms with Crippen molar-refractivity contribution in [3.63, 3.8) is 0 Å². The number of aliphatic carboxylic acids is 1. The number of hydrogen-bond acceptors (Lipinski definition) is 7. The van der Waals surface area contributed by atoms with E-state index in [1.807, 2.05) is 0 Å². The fourth-order valence-corrected chi connectivity index (χ4v) is 4.83.